The summed E-state index contributed by atoms with van der Waals surface area (Å²) in [6, 6.07) is 5.00. The van der Waals surface area contributed by atoms with E-state index < -0.39 is 5.97 Å². The molecule has 1 rings (SSSR count). The Balaban J connectivity index is 2.95. The van der Waals surface area contributed by atoms with E-state index in [1.54, 1.807) is 29.0 Å². The number of carboxylic acid groups (broad SMARTS) is 1. The van der Waals surface area contributed by atoms with Gasteiger partial charge in [0.25, 0.3) is 0 Å². The summed E-state index contributed by atoms with van der Waals surface area (Å²) >= 11 is 3.25. The van der Waals surface area contributed by atoms with Crippen molar-refractivity contribution in [1.82, 2.24) is 4.90 Å². The van der Waals surface area contributed by atoms with Gasteiger partial charge in [-0.15, -0.1) is 0 Å². The van der Waals surface area contributed by atoms with Crippen molar-refractivity contribution in [3.05, 3.63) is 28.2 Å². The number of hydrogen-bond donors (Lipinski definition) is 1. The average molecular weight is 343 g/mol. The van der Waals surface area contributed by atoms with Crippen LogP contribution in [0.15, 0.2) is 22.7 Å². The predicted octanol–water partition coefficient (Wildman–Crippen LogP) is 2.45. The molecule has 6 heteroatoms. The summed E-state index contributed by atoms with van der Waals surface area (Å²) in [4.78, 5) is 26.7. The first-order valence-electron chi connectivity index (χ1n) is 6.42. The molecule has 5 nitrogen and oxygen atoms in total. The quantitative estimate of drug-likeness (QED) is 0.862. The molecule has 0 bridgehead atoms. The van der Waals surface area contributed by atoms with Gasteiger partial charge < -0.3 is 14.9 Å². The fourth-order valence-corrected chi connectivity index (χ4v) is 2.34. The van der Waals surface area contributed by atoms with Crippen molar-refractivity contribution in [3.8, 4) is 0 Å². The number of carboxylic acids is 1. The van der Waals surface area contributed by atoms with Gasteiger partial charge in [-0.05, 0) is 32.0 Å². The van der Waals surface area contributed by atoms with Gasteiger partial charge in [-0.2, -0.15) is 0 Å². The molecule has 1 N–H and O–H groups in total. The summed E-state index contributed by atoms with van der Waals surface area (Å²) in [5, 5.41) is 9.23. The van der Waals surface area contributed by atoms with E-state index in [0.717, 1.165) is 0 Å². The Bertz CT molecular complexity index is 501. The number of carbonyl (C=O) groups is 2. The third-order valence-electron chi connectivity index (χ3n) is 3.09. The molecule has 110 valence electrons. The lowest BCUT2D eigenvalue weighted by Gasteiger charge is -2.25. The number of nitrogens with zero attached hydrogens (tertiary/aromatic N) is 2. The smallest absolute Gasteiger partial charge is 0.337 e. The fourth-order valence-electron chi connectivity index (χ4n) is 1.98. The highest BCUT2D eigenvalue weighted by Crippen LogP contribution is 2.24. The van der Waals surface area contributed by atoms with E-state index in [9.17, 15) is 14.7 Å². The molecule has 0 spiro atoms. The molecule has 1 amide bonds. The number of benzene rings is 1. The van der Waals surface area contributed by atoms with Crippen LogP contribution in [-0.4, -0.2) is 48.6 Å². The highest BCUT2D eigenvalue weighted by atomic mass is 79.9. The summed E-state index contributed by atoms with van der Waals surface area (Å²) in [5.74, 6) is -1.03. The van der Waals surface area contributed by atoms with Crippen LogP contribution >= 0.6 is 15.9 Å². The van der Waals surface area contributed by atoms with Gasteiger partial charge in [-0.1, -0.05) is 15.9 Å². The minimum atomic E-state index is -1.01. The number of halogens is 1. The summed E-state index contributed by atoms with van der Waals surface area (Å²) in [5.41, 5.74) is 0.704. The Labute approximate surface area is 127 Å². The Morgan fingerprint density at radius 2 is 1.85 bits per heavy atom. The Morgan fingerprint density at radius 1 is 1.25 bits per heavy atom. The molecule has 0 aliphatic carbocycles. The number of carbonyl (C=O) groups excluding carboxylic acids is 1. The number of anilines is 1. The molecule has 0 unspecified atom stereocenters. The minimum Gasteiger partial charge on any atom is -0.478 e. The van der Waals surface area contributed by atoms with E-state index in [1.807, 2.05) is 13.8 Å². The fraction of sp³-hybridized carbons (Fsp3) is 0.429. The van der Waals surface area contributed by atoms with Gasteiger partial charge in [0.2, 0.25) is 5.91 Å². The van der Waals surface area contributed by atoms with Crippen molar-refractivity contribution >= 4 is 33.5 Å². The van der Waals surface area contributed by atoms with Gasteiger partial charge in [-0.3, -0.25) is 4.79 Å². The molecule has 0 aliphatic rings. The summed E-state index contributed by atoms with van der Waals surface area (Å²) in [6.45, 7) is 5.29. The highest BCUT2D eigenvalue weighted by Gasteiger charge is 2.18. The minimum absolute atomic E-state index is 0.0169. The zero-order valence-electron chi connectivity index (χ0n) is 11.9. The second-order valence-electron chi connectivity index (χ2n) is 4.39. The van der Waals surface area contributed by atoms with Crippen LogP contribution in [0.4, 0.5) is 5.69 Å². The van der Waals surface area contributed by atoms with Gasteiger partial charge in [0, 0.05) is 24.6 Å². The standard InChI is InChI=1S/C14H19BrN2O3/c1-4-17(5-2)13(18)9-16(3)12-7-6-10(15)8-11(12)14(19)20/h6-8H,4-5,9H2,1-3H3,(H,19,20). The van der Waals surface area contributed by atoms with Gasteiger partial charge in [0.05, 0.1) is 17.8 Å². The lowest BCUT2D eigenvalue weighted by Crippen LogP contribution is -2.39. The maximum atomic E-state index is 12.1. The first-order chi connectivity index (χ1) is 9.40. The molecule has 0 aliphatic heterocycles. The molecule has 1 aromatic rings. The summed E-state index contributed by atoms with van der Waals surface area (Å²) in [7, 11) is 1.72. The van der Waals surface area contributed by atoms with Crippen LogP contribution in [0.3, 0.4) is 0 Å². The van der Waals surface area contributed by atoms with Crippen LogP contribution in [0.5, 0.6) is 0 Å². The van der Waals surface area contributed by atoms with Gasteiger partial charge >= 0.3 is 5.97 Å². The van der Waals surface area contributed by atoms with E-state index in [1.165, 1.54) is 6.07 Å². The maximum absolute atomic E-state index is 12.1. The van der Waals surface area contributed by atoms with Crippen LogP contribution in [0.2, 0.25) is 0 Å². The molecule has 0 atom stereocenters. The lowest BCUT2D eigenvalue weighted by molar-refractivity contribution is -0.129. The van der Waals surface area contributed by atoms with E-state index in [0.29, 0.717) is 23.2 Å². The maximum Gasteiger partial charge on any atom is 0.337 e. The number of likely N-dealkylation sites (N-methyl/N-ethyl adjacent to an activating group) is 2. The zero-order chi connectivity index (χ0) is 15.3. The molecule has 20 heavy (non-hydrogen) atoms. The third kappa shape index (κ3) is 3.96. The molecule has 0 saturated carbocycles. The third-order valence-corrected chi connectivity index (χ3v) is 3.58. The Morgan fingerprint density at radius 3 is 2.35 bits per heavy atom. The predicted molar refractivity (Wildman–Crippen MR) is 82.3 cm³/mol. The van der Waals surface area contributed by atoms with Gasteiger partial charge in [0.1, 0.15) is 0 Å². The number of amides is 1. The van der Waals surface area contributed by atoms with Crippen molar-refractivity contribution in [2.24, 2.45) is 0 Å². The van der Waals surface area contributed by atoms with Crippen molar-refractivity contribution in [2.75, 3.05) is 31.6 Å². The number of aromatic carboxylic acids is 1. The largest absolute Gasteiger partial charge is 0.478 e. The van der Waals surface area contributed by atoms with Crippen LogP contribution in [0.1, 0.15) is 24.2 Å². The molecule has 0 saturated heterocycles. The second-order valence-corrected chi connectivity index (χ2v) is 5.30. The van der Waals surface area contributed by atoms with Gasteiger partial charge in [-0.25, -0.2) is 4.79 Å². The first kappa shape index (κ1) is 16.5. The summed E-state index contributed by atoms with van der Waals surface area (Å²) in [6.07, 6.45) is 0. The van der Waals surface area contributed by atoms with Crippen LogP contribution in [0.25, 0.3) is 0 Å². The molecular weight excluding hydrogens is 324 g/mol. The molecule has 0 aromatic heterocycles. The van der Waals surface area contributed by atoms with Crippen molar-refractivity contribution in [2.45, 2.75) is 13.8 Å². The van der Waals surface area contributed by atoms with E-state index in [4.69, 9.17) is 0 Å². The zero-order valence-corrected chi connectivity index (χ0v) is 13.5. The average Bonchev–Trinajstić information content (AvgIpc) is 2.39. The topological polar surface area (TPSA) is 60.9 Å². The van der Waals surface area contributed by atoms with E-state index in [-0.39, 0.29) is 18.0 Å². The van der Waals surface area contributed by atoms with Crippen LogP contribution in [-0.2, 0) is 4.79 Å². The molecule has 0 heterocycles. The monoisotopic (exact) mass is 342 g/mol. The molecule has 0 radical (unpaired) electrons. The van der Waals surface area contributed by atoms with E-state index >= 15 is 0 Å². The second kappa shape index (κ2) is 7.28. The normalized spacial score (nSPS) is 10.2. The molecule has 0 fully saturated rings. The van der Waals surface area contributed by atoms with Crippen molar-refractivity contribution < 1.29 is 14.7 Å². The van der Waals surface area contributed by atoms with Crippen LogP contribution in [0, 0.1) is 0 Å². The highest BCUT2D eigenvalue weighted by molar-refractivity contribution is 9.10. The molecular formula is C14H19BrN2O3. The van der Waals surface area contributed by atoms with E-state index in [2.05, 4.69) is 15.9 Å². The van der Waals surface area contributed by atoms with Crippen molar-refractivity contribution in [1.29, 1.82) is 0 Å². The summed E-state index contributed by atoms with van der Waals surface area (Å²) < 4.78 is 0.696. The Hall–Kier alpha value is -1.56. The number of rotatable bonds is 6. The SMILES string of the molecule is CCN(CC)C(=O)CN(C)c1ccc(Br)cc1C(=O)O. The Kier molecular flexibility index (Phi) is 6.01. The number of hydrogen-bond acceptors (Lipinski definition) is 3. The van der Waals surface area contributed by atoms with Crippen LogP contribution < -0.4 is 4.90 Å². The van der Waals surface area contributed by atoms with Gasteiger partial charge in [0.15, 0.2) is 0 Å². The first-order valence-corrected chi connectivity index (χ1v) is 7.21. The van der Waals surface area contributed by atoms with Crippen molar-refractivity contribution in [3.63, 3.8) is 0 Å². The lowest BCUT2D eigenvalue weighted by atomic mass is 10.1. The molecule has 1 aromatic carbocycles.